The number of hydrogen-bond acceptors (Lipinski definition) is 4. The Morgan fingerprint density at radius 3 is 2.83 bits per heavy atom. The fourth-order valence-electron chi connectivity index (χ4n) is 3.02. The molecule has 18 heavy (non-hydrogen) atoms. The number of fused-ring (bicyclic) bond motifs is 1. The Bertz CT molecular complexity index is 496. The Kier molecular flexibility index (Phi) is 2.40. The number of benzene rings is 1. The van der Waals surface area contributed by atoms with Crippen LogP contribution < -0.4 is 0 Å². The van der Waals surface area contributed by atoms with Gasteiger partial charge in [-0.05, 0) is 12.5 Å². The summed E-state index contributed by atoms with van der Waals surface area (Å²) < 4.78 is 10.1. The number of esters is 2. The molecule has 1 aliphatic carbocycles. The van der Waals surface area contributed by atoms with Crippen LogP contribution in [0.25, 0.3) is 0 Å². The molecule has 3 rings (SSSR count). The van der Waals surface area contributed by atoms with Gasteiger partial charge in [0.1, 0.15) is 0 Å². The second-order valence-corrected chi connectivity index (χ2v) is 4.68. The molecule has 1 saturated carbocycles. The maximum absolute atomic E-state index is 12.1. The second kappa shape index (κ2) is 3.83. The molecule has 0 radical (unpaired) electrons. The van der Waals surface area contributed by atoms with E-state index >= 15 is 0 Å². The summed E-state index contributed by atoms with van der Waals surface area (Å²) in [4.78, 5) is 24.0. The van der Waals surface area contributed by atoms with Gasteiger partial charge >= 0.3 is 11.9 Å². The van der Waals surface area contributed by atoms with Crippen molar-refractivity contribution in [1.82, 2.24) is 0 Å². The van der Waals surface area contributed by atoms with Gasteiger partial charge in [0, 0.05) is 11.8 Å². The summed E-state index contributed by atoms with van der Waals surface area (Å²) in [6.07, 6.45) is 0. The third-order valence-electron chi connectivity index (χ3n) is 3.87. The number of hydrogen-bond donors (Lipinski definition) is 0. The maximum Gasteiger partial charge on any atom is 0.324 e. The minimum Gasteiger partial charge on any atom is -0.465 e. The molecule has 2 aliphatic rings. The van der Waals surface area contributed by atoms with E-state index < -0.39 is 17.4 Å². The number of cyclic esters (lactones) is 1. The quantitative estimate of drug-likeness (QED) is 0.599. The van der Waals surface area contributed by atoms with Crippen LogP contribution in [0.1, 0.15) is 18.4 Å². The Hall–Kier alpha value is -1.84. The first-order valence-corrected chi connectivity index (χ1v) is 6.12. The molecule has 2 fully saturated rings. The van der Waals surface area contributed by atoms with E-state index in [9.17, 15) is 9.59 Å². The fraction of sp³-hybridized carbons (Fsp3) is 0.429. The minimum atomic E-state index is -1.07. The van der Waals surface area contributed by atoms with E-state index in [-0.39, 0.29) is 18.4 Å². The lowest BCUT2D eigenvalue weighted by Crippen LogP contribution is -2.29. The maximum atomic E-state index is 12.1. The highest BCUT2D eigenvalue weighted by atomic mass is 16.6. The van der Waals surface area contributed by atoms with Gasteiger partial charge in [-0.2, -0.15) is 0 Å². The molecule has 0 amide bonds. The average molecular weight is 246 g/mol. The van der Waals surface area contributed by atoms with Crippen molar-refractivity contribution < 1.29 is 19.1 Å². The highest BCUT2D eigenvalue weighted by Gasteiger charge is 2.80. The second-order valence-electron chi connectivity index (χ2n) is 4.68. The predicted octanol–water partition coefficient (Wildman–Crippen LogP) is 1.51. The van der Waals surface area contributed by atoms with Gasteiger partial charge in [-0.15, -0.1) is 0 Å². The van der Waals surface area contributed by atoms with E-state index in [1.54, 1.807) is 6.92 Å². The number of carbonyl (C=O) groups excluding carboxylic acids is 2. The molecule has 1 aromatic rings. The summed E-state index contributed by atoms with van der Waals surface area (Å²) in [5.41, 5.74) is -0.0654. The van der Waals surface area contributed by atoms with Crippen LogP contribution >= 0.6 is 0 Å². The standard InChI is InChI=1S/C14H14O4/c1-2-17-12(15)14-10(8-18-13(14)16)11(14)9-6-4-3-5-7-9/h3-7,10-11H,2,8H2,1H3/t10-,11+,14-/m1/s1. The molecule has 0 bridgehead atoms. The number of carbonyl (C=O) groups is 2. The van der Waals surface area contributed by atoms with E-state index in [1.807, 2.05) is 30.3 Å². The van der Waals surface area contributed by atoms with Gasteiger partial charge in [0.05, 0.1) is 13.2 Å². The van der Waals surface area contributed by atoms with Crippen LogP contribution in [0, 0.1) is 11.3 Å². The van der Waals surface area contributed by atoms with Crippen molar-refractivity contribution >= 4 is 11.9 Å². The van der Waals surface area contributed by atoms with Gasteiger partial charge in [-0.1, -0.05) is 30.3 Å². The Morgan fingerprint density at radius 1 is 1.44 bits per heavy atom. The topological polar surface area (TPSA) is 52.6 Å². The van der Waals surface area contributed by atoms with Gasteiger partial charge in [0.2, 0.25) is 0 Å². The summed E-state index contributed by atoms with van der Waals surface area (Å²) in [5, 5.41) is 0. The molecule has 1 saturated heterocycles. The summed E-state index contributed by atoms with van der Waals surface area (Å²) in [6, 6.07) is 9.62. The van der Waals surface area contributed by atoms with Crippen molar-refractivity contribution in [3.63, 3.8) is 0 Å². The monoisotopic (exact) mass is 246 g/mol. The largest absolute Gasteiger partial charge is 0.465 e. The molecular formula is C14H14O4. The van der Waals surface area contributed by atoms with Crippen molar-refractivity contribution in [3.8, 4) is 0 Å². The summed E-state index contributed by atoms with van der Waals surface area (Å²) in [6.45, 7) is 2.34. The van der Waals surface area contributed by atoms with Crippen molar-refractivity contribution in [1.29, 1.82) is 0 Å². The first kappa shape index (κ1) is 11.3. The van der Waals surface area contributed by atoms with Crippen LogP contribution in [0.5, 0.6) is 0 Å². The van der Waals surface area contributed by atoms with Crippen LogP contribution in [0.3, 0.4) is 0 Å². The third-order valence-corrected chi connectivity index (χ3v) is 3.87. The van der Waals surface area contributed by atoms with Crippen LogP contribution in [0.4, 0.5) is 0 Å². The predicted molar refractivity (Wildman–Crippen MR) is 62.7 cm³/mol. The summed E-state index contributed by atoms with van der Waals surface area (Å²) >= 11 is 0. The van der Waals surface area contributed by atoms with E-state index in [2.05, 4.69) is 0 Å². The molecule has 1 aliphatic heterocycles. The smallest absolute Gasteiger partial charge is 0.324 e. The Labute approximate surface area is 105 Å². The van der Waals surface area contributed by atoms with Crippen molar-refractivity contribution in [2.45, 2.75) is 12.8 Å². The SMILES string of the molecule is CCOC(=O)[C@@]12C(=O)OC[C@@H]1[C@@H]2c1ccccc1. The zero-order chi connectivity index (χ0) is 12.8. The van der Waals surface area contributed by atoms with E-state index in [0.717, 1.165) is 5.56 Å². The molecule has 4 heteroatoms. The zero-order valence-corrected chi connectivity index (χ0v) is 10.1. The number of rotatable bonds is 3. The van der Waals surface area contributed by atoms with Gasteiger partial charge in [0.25, 0.3) is 0 Å². The van der Waals surface area contributed by atoms with Crippen LogP contribution in [-0.2, 0) is 19.1 Å². The molecule has 4 nitrogen and oxygen atoms in total. The lowest BCUT2D eigenvalue weighted by molar-refractivity contribution is -0.160. The van der Waals surface area contributed by atoms with Crippen LogP contribution in [-0.4, -0.2) is 25.2 Å². The van der Waals surface area contributed by atoms with Gasteiger partial charge in [0.15, 0.2) is 5.41 Å². The van der Waals surface area contributed by atoms with Crippen molar-refractivity contribution in [3.05, 3.63) is 35.9 Å². The van der Waals surface area contributed by atoms with E-state index in [1.165, 1.54) is 0 Å². The highest BCUT2D eigenvalue weighted by Crippen LogP contribution is 2.69. The van der Waals surface area contributed by atoms with Crippen molar-refractivity contribution in [2.75, 3.05) is 13.2 Å². The molecule has 0 N–H and O–H groups in total. The van der Waals surface area contributed by atoms with Gasteiger partial charge < -0.3 is 9.47 Å². The molecular weight excluding hydrogens is 232 g/mol. The van der Waals surface area contributed by atoms with Crippen molar-refractivity contribution in [2.24, 2.45) is 11.3 Å². The van der Waals surface area contributed by atoms with E-state index in [4.69, 9.17) is 9.47 Å². The normalized spacial score (nSPS) is 32.6. The van der Waals surface area contributed by atoms with Crippen LogP contribution in [0.15, 0.2) is 30.3 Å². The minimum absolute atomic E-state index is 0.0635. The Morgan fingerprint density at radius 2 is 2.17 bits per heavy atom. The molecule has 0 aromatic heterocycles. The molecule has 1 aromatic carbocycles. The first-order valence-electron chi connectivity index (χ1n) is 6.12. The zero-order valence-electron chi connectivity index (χ0n) is 10.1. The van der Waals surface area contributed by atoms with Gasteiger partial charge in [-0.3, -0.25) is 9.59 Å². The molecule has 3 atom stereocenters. The third kappa shape index (κ3) is 1.26. The Balaban J connectivity index is 1.96. The first-order chi connectivity index (χ1) is 8.72. The highest BCUT2D eigenvalue weighted by molar-refractivity contribution is 6.07. The van der Waals surface area contributed by atoms with Gasteiger partial charge in [-0.25, -0.2) is 0 Å². The van der Waals surface area contributed by atoms with Crippen LogP contribution in [0.2, 0.25) is 0 Å². The summed E-state index contributed by atoms with van der Waals surface area (Å²) in [5.74, 6) is -1.02. The number of ether oxygens (including phenoxy) is 2. The summed E-state index contributed by atoms with van der Waals surface area (Å²) in [7, 11) is 0. The molecule has 0 spiro atoms. The molecule has 1 heterocycles. The lowest BCUT2D eigenvalue weighted by atomic mass is 9.99. The fourth-order valence-corrected chi connectivity index (χ4v) is 3.02. The average Bonchev–Trinajstić information content (AvgIpc) is 2.96. The molecule has 94 valence electrons. The molecule has 0 unspecified atom stereocenters. The van der Waals surface area contributed by atoms with E-state index in [0.29, 0.717) is 6.61 Å². The lowest BCUT2D eigenvalue weighted by Gasteiger charge is -2.12.